The Morgan fingerprint density at radius 2 is 2.21 bits per heavy atom. The van der Waals surface area contributed by atoms with Crippen LogP contribution in [-0.2, 0) is 12.8 Å². The molecule has 0 saturated carbocycles. The van der Waals surface area contributed by atoms with E-state index in [1.807, 2.05) is 13.1 Å². The number of amides is 1. The lowest BCUT2D eigenvalue weighted by Gasteiger charge is -2.25. The molecule has 2 rings (SSSR count). The zero-order valence-electron chi connectivity index (χ0n) is 8.71. The summed E-state index contributed by atoms with van der Waals surface area (Å²) in [6.45, 7) is 2.98. The lowest BCUT2D eigenvalue weighted by atomic mass is 9.96. The second-order valence-corrected chi connectivity index (χ2v) is 3.82. The summed E-state index contributed by atoms with van der Waals surface area (Å²) in [4.78, 5) is 13.5. The molecule has 0 aromatic heterocycles. The summed E-state index contributed by atoms with van der Waals surface area (Å²) in [7, 11) is 1.86. The van der Waals surface area contributed by atoms with E-state index in [-0.39, 0.29) is 5.91 Å². The first-order chi connectivity index (χ1) is 6.72. The van der Waals surface area contributed by atoms with Crippen molar-refractivity contribution in [2.75, 3.05) is 13.6 Å². The third kappa shape index (κ3) is 1.41. The SMILES string of the molecule is CCc1ccc2c(c1)CCN(C)C2=O. The average Bonchev–Trinajstić information content (AvgIpc) is 2.23. The Hall–Kier alpha value is -1.31. The van der Waals surface area contributed by atoms with Crippen molar-refractivity contribution in [3.8, 4) is 0 Å². The van der Waals surface area contributed by atoms with Crippen molar-refractivity contribution in [1.29, 1.82) is 0 Å². The third-order valence-corrected chi connectivity index (χ3v) is 2.87. The Morgan fingerprint density at radius 1 is 1.43 bits per heavy atom. The van der Waals surface area contributed by atoms with Gasteiger partial charge in [0.1, 0.15) is 0 Å². The molecular weight excluding hydrogens is 174 g/mol. The largest absolute Gasteiger partial charge is 0.341 e. The minimum atomic E-state index is 0.161. The van der Waals surface area contributed by atoms with E-state index in [1.165, 1.54) is 11.1 Å². The highest BCUT2D eigenvalue weighted by molar-refractivity contribution is 5.96. The van der Waals surface area contributed by atoms with E-state index in [2.05, 4.69) is 19.1 Å². The van der Waals surface area contributed by atoms with Crippen molar-refractivity contribution in [3.05, 3.63) is 34.9 Å². The molecule has 0 N–H and O–H groups in total. The fourth-order valence-corrected chi connectivity index (χ4v) is 1.88. The van der Waals surface area contributed by atoms with Crippen molar-refractivity contribution in [2.45, 2.75) is 19.8 Å². The monoisotopic (exact) mass is 189 g/mol. The number of benzene rings is 1. The summed E-state index contributed by atoms with van der Waals surface area (Å²) in [5.41, 5.74) is 3.42. The molecule has 0 saturated heterocycles. The maximum atomic E-state index is 11.7. The van der Waals surface area contributed by atoms with Gasteiger partial charge in [-0.15, -0.1) is 0 Å². The number of aryl methyl sites for hydroxylation is 1. The molecule has 0 spiro atoms. The number of carbonyl (C=O) groups excluding carboxylic acids is 1. The van der Waals surface area contributed by atoms with Crippen LogP contribution in [0, 0.1) is 0 Å². The minimum Gasteiger partial charge on any atom is -0.341 e. The summed E-state index contributed by atoms with van der Waals surface area (Å²) in [5.74, 6) is 0.161. The Morgan fingerprint density at radius 3 is 2.93 bits per heavy atom. The number of likely N-dealkylation sites (N-methyl/N-ethyl adjacent to an activating group) is 1. The third-order valence-electron chi connectivity index (χ3n) is 2.87. The summed E-state index contributed by atoms with van der Waals surface area (Å²) in [6.07, 6.45) is 2.03. The number of hydrogen-bond acceptors (Lipinski definition) is 1. The molecule has 1 aromatic carbocycles. The predicted molar refractivity (Wildman–Crippen MR) is 56.5 cm³/mol. The standard InChI is InChI=1S/C12H15NO/c1-3-9-4-5-11-10(8-9)6-7-13(2)12(11)14/h4-5,8H,3,6-7H2,1-2H3. The number of fused-ring (bicyclic) bond motifs is 1. The minimum absolute atomic E-state index is 0.161. The van der Waals surface area contributed by atoms with Gasteiger partial charge < -0.3 is 4.90 Å². The fourth-order valence-electron chi connectivity index (χ4n) is 1.88. The zero-order chi connectivity index (χ0) is 10.1. The molecule has 1 aromatic rings. The van der Waals surface area contributed by atoms with Gasteiger partial charge >= 0.3 is 0 Å². The highest BCUT2D eigenvalue weighted by Crippen LogP contribution is 2.19. The van der Waals surface area contributed by atoms with Gasteiger partial charge in [-0.05, 0) is 30.0 Å². The lowest BCUT2D eigenvalue weighted by Crippen LogP contribution is -2.34. The molecule has 74 valence electrons. The van der Waals surface area contributed by atoms with Gasteiger partial charge in [0.25, 0.3) is 5.91 Å². The number of rotatable bonds is 1. The molecule has 0 fully saturated rings. The molecule has 1 amide bonds. The van der Waals surface area contributed by atoms with E-state index in [9.17, 15) is 4.79 Å². The molecule has 2 heteroatoms. The second-order valence-electron chi connectivity index (χ2n) is 3.82. The van der Waals surface area contributed by atoms with Crippen LogP contribution >= 0.6 is 0 Å². The highest BCUT2D eigenvalue weighted by Gasteiger charge is 2.20. The van der Waals surface area contributed by atoms with Gasteiger partial charge in [-0.25, -0.2) is 0 Å². The summed E-state index contributed by atoms with van der Waals surface area (Å²) in [6, 6.07) is 6.18. The van der Waals surface area contributed by atoms with Crippen molar-refractivity contribution < 1.29 is 4.79 Å². The normalized spacial score (nSPS) is 15.6. The van der Waals surface area contributed by atoms with Crippen LogP contribution in [0.3, 0.4) is 0 Å². The van der Waals surface area contributed by atoms with E-state index >= 15 is 0 Å². The van der Waals surface area contributed by atoms with Crippen LogP contribution in [0.15, 0.2) is 18.2 Å². The van der Waals surface area contributed by atoms with Crippen LogP contribution in [0.4, 0.5) is 0 Å². The fraction of sp³-hybridized carbons (Fsp3) is 0.417. The maximum absolute atomic E-state index is 11.7. The molecule has 0 atom stereocenters. The molecule has 14 heavy (non-hydrogen) atoms. The first-order valence-electron chi connectivity index (χ1n) is 5.09. The Bertz CT molecular complexity index is 371. The van der Waals surface area contributed by atoms with Gasteiger partial charge in [0.2, 0.25) is 0 Å². The molecule has 1 aliphatic heterocycles. The summed E-state index contributed by atoms with van der Waals surface area (Å²) < 4.78 is 0. The van der Waals surface area contributed by atoms with Crippen molar-refractivity contribution in [2.24, 2.45) is 0 Å². The van der Waals surface area contributed by atoms with E-state index in [0.717, 1.165) is 24.9 Å². The van der Waals surface area contributed by atoms with Crippen molar-refractivity contribution in [3.63, 3.8) is 0 Å². The van der Waals surface area contributed by atoms with Crippen molar-refractivity contribution in [1.82, 2.24) is 4.90 Å². The van der Waals surface area contributed by atoms with Crippen LogP contribution < -0.4 is 0 Å². The van der Waals surface area contributed by atoms with Gasteiger partial charge in [0.15, 0.2) is 0 Å². The topological polar surface area (TPSA) is 20.3 Å². The first kappa shape index (κ1) is 9.25. The smallest absolute Gasteiger partial charge is 0.253 e. The molecule has 1 heterocycles. The van der Waals surface area contributed by atoms with Crippen LogP contribution in [0.5, 0.6) is 0 Å². The molecule has 2 nitrogen and oxygen atoms in total. The number of carbonyl (C=O) groups is 1. The predicted octanol–water partition coefficient (Wildman–Crippen LogP) is 1.88. The maximum Gasteiger partial charge on any atom is 0.253 e. The van der Waals surface area contributed by atoms with E-state index in [1.54, 1.807) is 4.90 Å². The highest BCUT2D eigenvalue weighted by atomic mass is 16.2. The van der Waals surface area contributed by atoms with Crippen LogP contribution in [0.25, 0.3) is 0 Å². The summed E-state index contributed by atoms with van der Waals surface area (Å²) in [5, 5.41) is 0. The summed E-state index contributed by atoms with van der Waals surface area (Å²) >= 11 is 0. The van der Waals surface area contributed by atoms with E-state index in [0.29, 0.717) is 0 Å². The quantitative estimate of drug-likeness (QED) is 0.660. The molecular formula is C12H15NO. The van der Waals surface area contributed by atoms with Gasteiger partial charge in [0, 0.05) is 19.2 Å². The van der Waals surface area contributed by atoms with Gasteiger partial charge in [-0.2, -0.15) is 0 Å². The zero-order valence-corrected chi connectivity index (χ0v) is 8.71. The van der Waals surface area contributed by atoms with Gasteiger partial charge in [-0.1, -0.05) is 19.1 Å². The van der Waals surface area contributed by atoms with Gasteiger partial charge in [0.05, 0.1) is 0 Å². The average molecular weight is 189 g/mol. The second kappa shape index (κ2) is 3.45. The number of hydrogen-bond donors (Lipinski definition) is 0. The van der Waals surface area contributed by atoms with Crippen LogP contribution in [0.1, 0.15) is 28.4 Å². The lowest BCUT2D eigenvalue weighted by molar-refractivity contribution is 0.0781. The van der Waals surface area contributed by atoms with E-state index in [4.69, 9.17) is 0 Å². The number of nitrogens with zero attached hydrogens (tertiary/aromatic N) is 1. The molecule has 0 bridgehead atoms. The molecule has 0 unspecified atom stereocenters. The Labute approximate surface area is 84.5 Å². The molecule has 0 aliphatic carbocycles. The molecule has 1 aliphatic rings. The molecule has 0 radical (unpaired) electrons. The Balaban J connectivity index is 2.44. The van der Waals surface area contributed by atoms with Crippen LogP contribution in [-0.4, -0.2) is 24.4 Å². The van der Waals surface area contributed by atoms with Crippen LogP contribution in [0.2, 0.25) is 0 Å². The van der Waals surface area contributed by atoms with E-state index < -0.39 is 0 Å². The Kier molecular flexibility index (Phi) is 2.28. The van der Waals surface area contributed by atoms with Crippen molar-refractivity contribution >= 4 is 5.91 Å². The first-order valence-corrected chi connectivity index (χ1v) is 5.09. The van der Waals surface area contributed by atoms with Gasteiger partial charge in [-0.3, -0.25) is 4.79 Å².